The largest absolute Gasteiger partial charge is 0.439 e. The lowest BCUT2D eigenvalue weighted by Gasteiger charge is -2.19. The lowest BCUT2D eigenvalue weighted by atomic mass is 9.87. The summed E-state index contributed by atoms with van der Waals surface area (Å²) in [6, 6.07) is 9.81. The summed E-state index contributed by atoms with van der Waals surface area (Å²) in [5.41, 5.74) is 8.90. The van der Waals surface area contributed by atoms with Crippen LogP contribution in [0.3, 0.4) is 0 Å². The van der Waals surface area contributed by atoms with E-state index in [2.05, 4.69) is 37.9 Å². The van der Waals surface area contributed by atoms with E-state index in [4.69, 9.17) is 10.5 Å². The molecular formula is C16H20N2O. The maximum Gasteiger partial charge on any atom is 0.221 e. The normalized spacial score (nSPS) is 11.4. The van der Waals surface area contributed by atoms with Crippen molar-refractivity contribution in [2.24, 2.45) is 0 Å². The third-order valence-electron chi connectivity index (χ3n) is 3.06. The standard InChI is InChI=1S/C16H20N2O/c1-11-10-18-15(9-14(11)17)19-13-7-5-12(6-8-13)16(2,3)4/h5-10H,1-4H3,(H2,17,18). The van der Waals surface area contributed by atoms with E-state index in [0.29, 0.717) is 11.6 Å². The third kappa shape index (κ3) is 3.25. The molecule has 0 spiro atoms. The van der Waals surface area contributed by atoms with Gasteiger partial charge < -0.3 is 10.5 Å². The minimum Gasteiger partial charge on any atom is -0.439 e. The minimum absolute atomic E-state index is 0.144. The zero-order chi connectivity index (χ0) is 14.0. The van der Waals surface area contributed by atoms with Gasteiger partial charge in [-0.3, -0.25) is 0 Å². The average Bonchev–Trinajstić information content (AvgIpc) is 2.33. The second-order valence-corrected chi connectivity index (χ2v) is 5.76. The van der Waals surface area contributed by atoms with E-state index in [-0.39, 0.29) is 5.41 Å². The van der Waals surface area contributed by atoms with Crippen LogP contribution in [0.4, 0.5) is 5.69 Å². The topological polar surface area (TPSA) is 48.1 Å². The highest BCUT2D eigenvalue weighted by atomic mass is 16.5. The summed E-state index contributed by atoms with van der Waals surface area (Å²) in [5, 5.41) is 0. The Balaban J connectivity index is 2.17. The molecule has 19 heavy (non-hydrogen) atoms. The summed E-state index contributed by atoms with van der Waals surface area (Å²) in [4.78, 5) is 4.20. The van der Waals surface area contributed by atoms with E-state index < -0.39 is 0 Å². The molecule has 0 aliphatic carbocycles. The van der Waals surface area contributed by atoms with Crippen LogP contribution in [0.15, 0.2) is 36.5 Å². The summed E-state index contributed by atoms with van der Waals surface area (Å²) >= 11 is 0. The lowest BCUT2D eigenvalue weighted by molar-refractivity contribution is 0.462. The number of nitrogen functional groups attached to an aromatic ring is 1. The zero-order valence-electron chi connectivity index (χ0n) is 11.9. The Labute approximate surface area is 114 Å². The molecule has 0 saturated heterocycles. The van der Waals surface area contributed by atoms with Gasteiger partial charge in [-0.2, -0.15) is 0 Å². The number of hydrogen-bond acceptors (Lipinski definition) is 3. The van der Waals surface area contributed by atoms with Gasteiger partial charge in [0, 0.05) is 18.0 Å². The molecule has 0 aliphatic heterocycles. The number of nitrogens with two attached hydrogens (primary N) is 1. The van der Waals surface area contributed by atoms with Crippen LogP contribution in [-0.4, -0.2) is 4.98 Å². The number of ether oxygens (including phenoxy) is 1. The Kier molecular flexibility index (Phi) is 3.47. The van der Waals surface area contributed by atoms with Crippen molar-refractivity contribution in [2.75, 3.05) is 5.73 Å². The fraction of sp³-hybridized carbons (Fsp3) is 0.312. The smallest absolute Gasteiger partial charge is 0.221 e. The first kappa shape index (κ1) is 13.4. The van der Waals surface area contributed by atoms with Crippen LogP contribution < -0.4 is 10.5 Å². The number of pyridine rings is 1. The molecule has 0 unspecified atom stereocenters. The number of anilines is 1. The first-order valence-electron chi connectivity index (χ1n) is 6.37. The fourth-order valence-electron chi connectivity index (χ4n) is 1.72. The summed E-state index contributed by atoms with van der Waals surface area (Å²) in [6.45, 7) is 8.48. The van der Waals surface area contributed by atoms with Gasteiger partial charge in [-0.1, -0.05) is 32.9 Å². The summed E-state index contributed by atoms with van der Waals surface area (Å²) in [7, 11) is 0. The van der Waals surface area contributed by atoms with Gasteiger partial charge in [0.15, 0.2) is 0 Å². The maximum atomic E-state index is 5.84. The molecule has 1 aromatic carbocycles. The number of nitrogens with zero attached hydrogens (tertiary/aromatic N) is 1. The van der Waals surface area contributed by atoms with E-state index in [1.54, 1.807) is 12.3 Å². The third-order valence-corrected chi connectivity index (χ3v) is 3.06. The van der Waals surface area contributed by atoms with Crippen molar-refractivity contribution in [2.45, 2.75) is 33.1 Å². The number of aryl methyl sites for hydroxylation is 1. The Morgan fingerprint density at radius 2 is 1.74 bits per heavy atom. The number of aromatic nitrogens is 1. The monoisotopic (exact) mass is 256 g/mol. The molecule has 0 saturated carbocycles. The minimum atomic E-state index is 0.144. The van der Waals surface area contributed by atoms with Gasteiger partial charge in [-0.15, -0.1) is 0 Å². The van der Waals surface area contributed by atoms with Crippen molar-refractivity contribution < 1.29 is 4.74 Å². The number of rotatable bonds is 2. The van der Waals surface area contributed by atoms with E-state index in [1.807, 2.05) is 19.1 Å². The van der Waals surface area contributed by atoms with Crippen LogP contribution in [0.25, 0.3) is 0 Å². The first-order valence-corrected chi connectivity index (χ1v) is 6.37. The van der Waals surface area contributed by atoms with Crippen molar-refractivity contribution in [1.29, 1.82) is 0 Å². The zero-order valence-corrected chi connectivity index (χ0v) is 11.9. The molecule has 3 nitrogen and oxygen atoms in total. The Bertz CT molecular complexity index is 568. The van der Waals surface area contributed by atoms with Crippen molar-refractivity contribution in [3.63, 3.8) is 0 Å². The molecule has 0 fully saturated rings. The van der Waals surface area contributed by atoms with Gasteiger partial charge >= 0.3 is 0 Å². The van der Waals surface area contributed by atoms with Gasteiger partial charge in [-0.05, 0) is 35.6 Å². The molecule has 2 rings (SSSR count). The average molecular weight is 256 g/mol. The van der Waals surface area contributed by atoms with Crippen molar-refractivity contribution >= 4 is 5.69 Å². The van der Waals surface area contributed by atoms with Gasteiger partial charge in [0.2, 0.25) is 5.88 Å². The SMILES string of the molecule is Cc1cnc(Oc2ccc(C(C)(C)C)cc2)cc1N. The maximum absolute atomic E-state index is 5.84. The molecule has 100 valence electrons. The molecule has 0 bridgehead atoms. The Hall–Kier alpha value is -2.03. The molecule has 2 N–H and O–H groups in total. The first-order chi connectivity index (χ1) is 8.86. The van der Waals surface area contributed by atoms with Gasteiger partial charge in [0.05, 0.1) is 0 Å². The molecule has 1 aromatic heterocycles. The Morgan fingerprint density at radius 1 is 1.11 bits per heavy atom. The highest BCUT2D eigenvalue weighted by Gasteiger charge is 2.13. The highest BCUT2D eigenvalue weighted by Crippen LogP contribution is 2.27. The van der Waals surface area contributed by atoms with Crippen LogP contribution >= 0.6 is 0 Å². The molecule has 2 aromatic rings. The van der Waals surface area contributed by atoms with Crippen LogP contribution in [0.2, 0.25) is 0 Å². The van der Waals surface area contributed by atoms with Crippen LogP contribution in [0, 0.1) is 6.92 Å². The van der Waals surface area contributed by atoms with Gasteiger partial charge in [-0.25, -0.2) is 4.98 Å². The predicted molar refractivity (Wildman–Crippen MR) is 78.6 cm³/mol. The number of benzene rings is 1. The van der Waals surface area contributed by atoms with E-state index >= 15 is 0 Å². The van der Waals surface area contributed by atoms with E-state index in [0.717, 1.165) is 11.3 Å². The summed E-state index contributed by atoms with van der Waals surface area (Å²) in [5.74, 6) is 1.29. The van der Waals surface area contributed by atoms with Crippen molar-refractivity contribution in [3.05, 3.63) is 47.7 Å². The Morgan fingerprint density at radius 3 is 2.26 bits per heavy atom. The van der Waals surface area contributed by atoms with Crippen molar-refractivity contribution in [3.8, 4) is 11.6 Å². The summed E-state index contributed by atoms with van der Waals surface area (Å²) < 4.78 is 5.69. The van der Waals surface area contributed by atoms with E-state index in [9.17, 15) is 0 Å². The molecule has 1 heterocycles. The quantitative estimate of drug-likeness (QED) is 0.881. The van der Waals surface area contributed by atoms with Crippen LogP contribution in [0.1, 0.15) is 31.9 Å². The van der Waals surface area contributed by atoms with E-state index in [1.165, 1.54) is 5.56 Å². The lowest BCUT2D eigenvalue weighted by Crippen LogP contribution is -2.10. The fourth-order valence-corrected chi connectivity index (χ4v) is 1.72. The molecular weight excluding hydrogens is 236 g/mol. The molecule has 0 amide bonds. The second-order valence-electron chi connectivity index (χ2n) is 5.76. The van der Waals surface area contributed by atoms with Crippen LogP contribution in [0.5, 0.6) is 11.6 Å². The summed E-state index contributed by atoms with van der Waals surface area (Å²) in [6.07, 6.45) is 1.72. The molecule has 0 aliphatic rings. The number of hydrogen-bond donors (Lipinski definition) is 1. The molecule has 3 heteroatoms. The van der Waals surface area contributed by atoms with Gasteiger partial charge in [0.25, 0.3) is 0 Å². The predicted octanol–water partition coefficient (Wildman–Crippen LogP) is 4.06. The van der Waals surface area contributed by atoms with Crippen molar-refractivity contribution in [1.82, 2.24) is 4.98 Å². The van der Waals surface area contributed by atoms with Gasteiger partial charge in [0.1, 0.15) is 5.75 Å². The van der Waals surface area contributed by atoms with Crippen LogP contribution in [-0.2, 0) is 5.41 Å². The molecule has 0 atom stereocenters. The highest BCUT2D eigenvalue weighted by molar-refractivity contribution is 5.48. The molecule has 0 radical (unpaired) electrons. The second kappa shape index (κ2) is 4.92.